The summed E-state index contributed by atoms with van der Waals surface area (Å²) in [6.07, 6.45) is 0. The summed E-state index contributed by atoms with van der Waals surface area (Å²) in [6, 6.07) is 0. The fourth-order valence-corrected chi connectivity index (χ4v) is 2.19. The molecule has 0 fully saturated rings. The van der Waals surface area contributed by atoms with Crippen molar-refractivity contribution in [3.05, 3.63) is 15.8 Å². The van der Waals surface area contributed by atoms with Crippen LogP contribution in [-0.2, 0) is 11.3 Å². The highest BCUT2D eigenvalue weighted by Gasteiger charge is 2.25. The van der Waals surface area contributed by atoms with Crippen molar-refractivity contribution in [1.29, 1.82) is 0 Å². The van der Waals surface area contributed by atoms with E-state index in [1.165, 1.54) is 11.6 Å². The summed E-state index contributed by atoms with van der Waals surface area (Å²) in [4.78, 5) is 20.7. The van der Waals surface area contributed by atoms with Crippen LogP contribution in [0, 0.1) is 17.0 Å². The van der Waals surface area contributed by atoms with Gasteiger partial charge in [0.1, 0.15) is 5.69 Å². The predicted octanol–water partition coefficient (Wildman–Crippen LogP) is 1.30. The van der Waals surface area contributed by atoms with Crippen molar-refractivity contribution >= 4 is 23.4 Å². The van der Waals surface area contributed by atoms with Crippen molar-refractivity contribution in [2.24, 2.45) is 0 Å². The SMILES string of the molecule is CCn1nc(C)c([N+](=O)[O-])c1SCC(=O)O. The van der Waals surface area contributed by atoms with Crippen LogP contribution in [-0.4, -0.2) is 31.5 Å². The lowest BCUT2D eigenvalue weighted by Crippen LogP contribution is -2.03. The van der Waals surface area contributed by atoms with Crippen LogP contribution in [0.25, 0.3) is 0 Å². The molecule has 0 amide bonds. The Labute approximate surface area is 95.6 Å². The van der Waals surface area contributed by atoms with Crippen LogP contribution >= 0.6 is 11.8 Å². The number of hydrogen-bond donors (Lipinski definition) is 1. The van der Waals surface area contributed by atoms with Crippen molar-refractivity contribution in [1.82, 2.24) is 9.78 Å². The van der Waals surface area contributed by atoms with Crippen LogP contribution in [0.15, 0.2) is 5.03 Å². The first-order chi connectivity index (χ1) is 7.47. The molecule has 1 aromatic rings. The quantitative estimate of drug-likeness (QED) is 0.477. The normalized spacial score (nSPS) is 10.4. The molecule has 0 radical (unpaired) electrons. The second kappa shape index (κ2) is 4.97. The van der Waals surface area contributed by atoms with E-state index < -0.39 is 10.9 Å². The predicted molar refractivity (Wildman–Crippen MR) is 57.7 cm³/mol. The Morgan fingerprint density at radius 3 is 2.75 bits per heavy atom. The Balaban J connectivity index is 3.11. The molecular weight excluding hydrogens is 234 g/mol. The van der Waals surface area contributed by atoms with Gasteiger partial charge in [0.05, 0.1) is 10.7 Å². The van der Waals surface area contributed by atoms with Crippen molar-refractivity contribution in [2.45, 2.75) is 25.4 Å². The van der Waals surface area contributed by atoms with E-state index in [0.29, 0.717) is 17.3 Å². The number of carboxylic acids is 1. The second-order valence-corrected chi connectivity index (χ2v) is 3.96. The molecule has 0 saturated carbocycles. The molecule has 0 spiro atoms. The van der Waals surface area contributed by atoms with Crippen LogP contribution in [0.4, 0.5) is 5.69 Å². The van der Waals surface area contributed by atoms with Crippen LogP contribution in [0.3, 0.4) is 0 Å². The number of thioether (sulfide) groups is 1. The van der Waals surface area contributed by atoms with E-state index in [2.05, 4.69) is 5.10 Å². The monoisotopic (exact) mass is 245 g/mol. The minimum atomic E-state index is -1.01. The number of aliphatic carboxylic acids is 1. The van der Waals surface area contributed by atoms with Gasteiger partial charge in [0.2, 0.25) is 0 Å². The molecule has 0 unspecified atom stereocenters. The van der Waals surface area contributed by atoms with E-state index >= 15 is 0 Å². The second-order valence-electron chi connectivity index (χ2n) is 2.99. The average molecular weight is 245 g/mol. The molecule has 1 N–H and O–H groups in total. The molecule has 0 aliphatic rings. The van der Waals surface area contributed by atoms with Crippen LogP contribution in [0.5, 0.6) is 0 Å². The largest absolute Gasteiger partial charge is 0.481 e. The fraction of sp³-hybridized carbons (Fsp3) is 0.500. The summed E-state index contributed by atoms with van der Waals surface area (Å²) in [5.74, 6) is -1.23. The fourth-order valence-electron chi connectivity index (χ4n) is 1.25. The third-order valence-corrected chi connectivity index (χ3v) is 2.93. The van der Waals surface area contributed by atoms with Gasteiger partial charge in [-0.05, 0) is 13.8 Å². The molecule has 0 atom stereocenters. The third kappa shape index (κ3) is 2.51. The maximum Gasteiger partial charge on any atom is 0.323 e. The van der Waals surface area contributed by atoms with Gasteiger partial charge >= 0.3 is 11.7 Å². The summed E-state index contributed by atoms with van der Waals surface area (Å²) in [5.41, 5.74) is 0.202. The molecule has 1 rings (SSSR count). The van der Waals surface area contributed by atoms with Gasteiger partial charge in [-0.3, -0.25) is 19.6 Å². The van der Waals surface area contributed by atoms with Crippen molar-refractivity contribution in [3.8, 4) is 0 Å². The maximum atomic E-state index is 10.8. The highest BCUT2D eigenvalue weighted by molar-refractivity contribution is 8.00. The molecule has 7 nitrogen and oxygen atoms in total. The van der Waals surface area contributed by atoms with Crippen LogP contribution < -0.4 is 0 Å². The smallest absolute Gasteiger partial charge is 0.323 e. The molecule has 1 aromatic heterocycles. The lowest BCUT2D eigenvalue weighted by atomic mass is 10.4. The van der Waals surface area contributed by atoms with Gasteiger partial charge in [-0.2, -0.15) is 5.10 Å². The first-order valence-corrected chi connectivity index (χ1v) is 5.52. The molecule has 1 heterocycles. The topological polar surface area (TPSA) is 98.3 Å². The summed E-state index contributed by atoms with van der Waals surface area (Å²) >= 11 is 0.915. The standard InChI is InChI=1S/C8H11N3O4S/c1-3-10-8(16-4-6(12)13)7(11(14)15)5(2)9-10/h3-4H2,1-2H3,(H,12,13). The molecule has 16 heavy (non-hydrogen) atoms. The van der Waals surface area contributed by atoms with E-state index in [4.69, 9.17) is 5.11 Å². The first-order valence-electron chi connectivity index (χ1n) is 4.53. The Bertz CT molecular complexity index is 429. The Kier molecular flexibility index (Phi) is 3.88. The number of hydrogen-bond acceptors (Lipinski definition) is 5. The summed E-state index contributed by atoms with van der Waals surface area (Å²) in [5, 5.41) is 23.7. The zero-order chi connectivity index (χ0) is 12.3. The lowest BCUT2D eigenvalue weighted by Gasteiger charge is -2.01. The zero-order valence-corrected chi connectivity index (χ0v) is 9.65. The average Bonchev–Trinajstić information content (AvgIpc) is 2.51. The van der Waals surface area contributed by atoms with Crippen LogP contribution in [0.1, 0.15) is 12.6 Å². The van der Waals surface area contributed by atoms with Gasteiger partial charge in [0.15, 0.2) is 5.03 Å². The molecule has 0 saturated heterocycles. The van der Waals surface area contributed by atoms with Crippen molar-refractivity contribution < 1.29 is 14.8 Å². The Morgan fingerprint density at radius 1 is 1.69 bits per heavy atom. The van der Waals surface area contributed by atoms with Gasteiger partial charge in [0, 0.05) is 6.54 Å². The summed E-state index contributed by atoms with van der Waals surface area (Å²) in [7, 11) is 0. The number of carbonyl (C=O) groups is 1. The summed E-state index contributed by atoms with van der Waals surface area (Å²) < 4.78 is 1.45. The highest BCUT2D eigenvalue weighted by atomic mass is 32.2. The van der Waals surface area contributed by atoms with Crippen molar-refractivity contribution in [3.63, 3.8) is 0 Å². The molecule has 0 aromatic carbocycles. The van der Waals surface area contributed by atoms with E-state index in [0.717, 1.165) is 11.8 Å². The Hall–Kier alpha value is -1.57. The van der Waals surface area contributed by atoms with Gasteiger partial charge in [-0.25, -0.2) is 0 Å². The number of aryl methyl sites for hydroxylation is 2. The number of nitrogens with zero attached hydrogens (tertiary/aromatic N) is 3. The van der Waals surface area contributed by atoms with Gasteiger partial charge in [-0.15, -0.1) is 0 Å². The third-order valence-electron chi connectivity index (χ3n) is 1.86. The van der Waals surface area contributed by atoms with Crippen molar-refractivity contribution in [2.75, 3.05) is 5.75 Å². The first kappa shape index (κ1) is 12.5. The van der Waals surface area contributed by atoms with Crippen LogP contribution in [0.2, 0.25) is 0 Å². The van der Waals surface area contributed by atoms with E-state index in [-0.39, 0.29) is 11.4 Å². The molecule has 8 heteroatoms. The van der Waals surface area contributed by atoms with E-state index in [9.17, 15) is 14.9 Å². The maximum absolute atomic E-state index is 10.8. The van der Waals surface area contributed by atoms with E-state index in [1.54, 1.807) is 6.92 Å². The Morgan fingerprint density at radius 2 is 2.31 bits per heavy atom. The molecule has 88 valence electrons. The van der Waals surface area contributed by atoms with Gasteiger partial charge in [-0.1, -0.05) is 11.8 Å². The van der Waals surface area contributed by atoms with Gasteiger partial charge < -0.3 is 5.11 Å². The zero-order valence-electron chi connectivity index (χ0n) is 8.84. The number of rotatable bonds is 5. The van der Waals surface area contributed by atoms with E-state index in [1.807, 2.05) is 0 Å². The molecular formula is C8H11N3O4S. The minimum absolute atomic E-state index is 0.104. The minimum Gasteiger partial charge on any atom is -0.481 e. The number of aromatic nitrogens is 2. The number of carboxylic acid groups (broad SMARTS) is 1. The number of nitro groups is 1. The molecule has 0 aliphatic heterocycles. The lowest BCUT2D eigenvalue weighted by molar-refractivity contribution is -0.388. The summed E-state index contributed by atoms with van der Waals surface area (Å²) in [6.45, 7) is 3.80. The highest BCUT2D eigenvalue weighted by Crippen LogP contribution is 2.31. The molecule has 0 aliphatic carbocycles. The molecule has 0 bridgehead atoms. The van der Waals surface area contributed by atoms with Gasteiger partial charge in [0.25, 0.3) is 0 Å².